The molecule has 0 saturated heterocycles. The minimum atomic E-state index is -0.569. The summed E-state index contributed by atoms with van der Waals surface area (Å²) in [5, 5.41) is 11.0. The normalized spacial score (nSPS) is 10.0. The van der Waals surface area contributed by atoms with Crippen LogP contribution in [-0.2, 0) is 11.2 Å². The molecule has 110 valence electrons. The molecule has 0 fully saturated rings. The number of benzene rings is 1. The fourth-order valence-electron chi connectivity index (χ4n) is 1.43. The number of alkyl carbamates (subject to hydrolysis) is 1. The van der Waals surface area contributed by atoms with Gasteiger partial charge in [-0.05, 0) is 38.5 Å². The molecule has 0 aliphatic heterocycles. The average Bonchev–Trinajstić information content (AvgIpc) is 2.35. The van der Waals surface area contributed by atoms with Gasteiger partial charge in [-0.2, -0.15) is 5.26 Å². The van der Waals surface area contributed by atoms with Gasteiger partial charge in [0.25, 0.3) is 0 Å². The van der Waals surface area contributed by atoms with Crippen LogP contribution in [0.4, 0.5) is 9.18 Å². The van der Waals surface area contributed by atoms with Gasteiger partial charge in [-0.1, -0.05) is 17.9 Å². The van der Waals surface area contributed by atoms with Gasteiger partial charge in [0.1, 0.15) is 11.4 Å². The first-order valence-corrected chi connectivity index (χ1v) is 6.43. The van der Waals surface area contributed by atoms with Crippen LogP contribution < -0.4 is 5.32 Å². The number of carbonyl (C=O) groups excluding carboxylic acids is 1. The summed E-state index contributed by atoms with van der Waals surface area (Å²) in [6.07, 6.45) is -0.410. The van der Waals surface area contributed by atoms with Crippen LogP contribution in [0.15, 0.2) is 18.2 Å². The Bertz CT molecular complexity index is 616. The third-order valence-electron chi connectivity index (χ3n) is 2.26. The van der Waals surface area contributed by atoms with E-state index in [0.717, 1.165) is 0 Å². The maximum Gasteiger partial charge on any atom is 0.408 e. The highest BCUT2D eigenvalue weighted by Gasteiger charge is 2.15. The lowest BCUT2D eigenvalue weighted by Gasteiger charge is -2.18. The Balaban J connectivity index is 2.56. The van der Waals surface area contributed by atoms with E-state index in [-0.39, 0.29) is 18.5 Å². The van der Waals surface area contributed by atoms with Gasteiger partial charge in [0.15, 0.2) is 0 Å². The van der Waals surface area contributed by atoms with E-state index in [0.29, 0.717) is 5.56 Å². The van der Waals surface area contributed by atoms with Crippen LogP contribution in [0.25, 0.3) is 0 Å². The summed E-state index contributed by atoms with van der Waals surface area (Å²) in [7, 11) is 0. The number of nitriles is 1. The van der Waals surface area contributed by atoms with Crippen molar-refractivity contribution in [3.8, 4) is 17.9 Å². The van der Waals surface area contributed by atoms with E-state index in [4.69, 9.17) is 10.00 Å². The van der Waals surface area contributed by atoms with Crippen LogP contribution in [0.2, 0.25) is 0 Å². The van der Waals surface area contributed by atoms with Crippen molar-refractivity contribution >= 4 is 6.09 Å². The molecule has 1 aromatic carbocycles. The summed E-state index contributed by atoms with van der Waals surface area (Å²) in [6, 6.07) is 6.40. The molecule has 4 nitrogen and oxygen atoms in total. The summed E-state index contributed by atoms with van der Waals surface area (Å²) in [4.78, 5) is 11.3. The summed E-state index contributed by atoms with van der Waals surface area (Å²) < 4.78 is 18.7. The minimum Gasteiger partial charge on any atom is -0.444 e. The Hall–Kier alpha value is -2.53. The lowest BCUT2D eigenvalue weighted by atomic mass is 10.1. The maximum atomic E-state index is 13.7. The third kappa shape index (κ3) is 6.44. The van der Waals surface area contributed by atoms with Crippen molar-refractivity contribution in [2.75, 3.05) is 6.54 Å². The largest absolute Gasteiger partial charge is 0.444 e. The number of ether oxygens (including phenoxy) is 1. The monoisotopic (exact) mass is 288 g/mol. The standard InChI is InChI=1S/C16H17FN2O2/c1-16(2,3)21-15(20)19-10-4-5-13-7-6-12(8-9-18)11-14(13)17/h6-7,11H,8,10H2,1-3H3,(H,19,20). The van der Waals surface area contributed by atoms with Crippen molar-refractivity contribution in [3.05, 3.63) is 35.1 Å². The molecule has 0 aromatic heterocycles. The number of amides is 1. The number of hydrogen-bond donors (Lipinski definition) is 1. The SMILES string of the molecule is CC(C)(C)OC(=O)NCC#Cc1ccc(CC#N)cc1F. The number of nitrogens with zero attached hydrogens (tertiary/aromatic N) is 1. The van der Waals surface area contributed by atoms with E-state index in [2.05, 4.69) is 17.2 Å². The second-order valence-corrected chi connectivity index (χ2v) is 5.31. The number of carbonyl (C=O) groups is 1. The van der Waals surface area contributed by atoms with Crippen LogP contribution in [-0.4, -0.2) is 18.2 Å². The number of rotatable bonds is 2. The second kappa shape index (κ2) is 7.31. The highest BCUT2D eigenvalue weighted by atomic mass is 19.1. The summed E-state index contributed by atoms with van der Waals surface area (Å²) >= 11 is 0. The van der Waals surface area contributed by atoms with Gasteiger partial charge in [-0.25, -0.2) is 9.18 Å². The van der Waals surface area contributed by atoms with Crippen LogP contribution in [0.5, 0.6) is 0 Å². The predicted molar refractivity (Wildman–Crippen MR) is 76.8 cm³/mol. The molecule has 1 aromatic rings. The molecular weight excluding hydrogens is 271 g/mol. The van der Waals surface area contributed by atoms with E-state index in [9.17, 15) is 9.18 Å². The molecule has 0 saturated carbocycles. The molecule has 1 amide bonds. The number of halogens is 1. The number of hydrogen-bond acceptors (Lipinski definition) is 3. The van der Waals surface area contributed by atoms with Crippen LogP contribution in [0.1, 0.15) is 31.9 Å². The second-order valence-electron chi connectivity index (χ2n) is 5.31. The van der Waals surface area contributed by atoms with Crippen molar-refractivity contribution in [1.82, 2.24) is 5.32 Å². The van der Waals surface area contributed by atoms with E-state index in [1.165, 1.54) is 12.1 Å². The fraction of sp³-hybridized carbons (Fsp3) is 0.375. The zero-order valence-corrected chi connectivity index (χ0v) is 12.3. The fourth-order valence-corrected chi connectivity index (χ4v) is 1.43. The van der Waals surface area contributed by atoms with Gasteiger partial charge in [0.2, 0.25) is 0 Å². The quantitative estimate of drug-likeness (QED) is 0.851. The Kier molecular flexibility index (Phi) is 5.75. The Labute approximate surface area is 123 Å². The van der Waals surface area contributed by atoms with Crippen molar-refractivity contribution in [3.63, 3.8) is 0 Å². The van der Waals surface area contributed by atoms with Crippen molar-refractivity contribution < 1.29 is 13.9 Å². The van der Waals surface area contributed by atoms with Gasteiger partial charge in [-0.3, -0.25) is 0 Å². The van der Waals surface area contributed by atoms with Crippen LogP contribution in [0, 0.1) is 29.0 Å². The Morgan fingerprint density at radius 2 is 2.14 bits per heavy atom. The molecule has 0 aliphatic rings. The lowest BCUT2D eigenvalue weighted by molar-refractivity contribution is 0.0535. The molecule has 0 heterocycles. The van der Waals surface area contributed by atoms with Crippen LogP contribution in [0.3, 0.4) is 0 Å². The summed E-state index contributed by atoms with van der Waals surface area (Å²) in [6.45, 7) is 5.34. The highest BCUT2D eigenvalue weighted by Crippen LogP contribution is 2.09. The summed E-state index contributed by atoms with van der Waals surface area (Å²) in [5.41, 5.74) is 0.260. The Morgan fingerprint density at radius 3 is 2.71 bits per heavy atom. The summed E-state index contributed by atoms with van der Waals surface area (Å²) in [5.74, 6) is 4.79. The third-order valence-corrected chi connectivity index (χ3v) is 2.26. The lowest BCUT2D eigenvalue weighted by Crippen LogP contribution is -2.32. The van der Waals surface area contributed by atoms with Gasteiger partial charge < -0.3 is 10.1 Å². The predicted octanol–water partition coefficient (Wildman–Crippen LogP) is 2.77. The van der Waals surface area contributed by atoms with Crippen molar-refractivity contribution in [2.24, 2.45) is 0 Å². The molecule has 5 heteroatoms. The molecule has 21 heavy (non-hydrogen) atoms. The van der Waals surface area contributed by atoms with Gasteiger partial charge in [0, 0.05) is 0 Å². The number of nitrogens with one attached hydrogen (secondary N) is 1. The average molecular weight is 288 g/mol. The molecule has 0 spiro atoms. The van der Waals surface area contributed by atoms with Gasteiger partial charge in [0.05, 0.1) is 24.6 Å². The van der Waals surface area contributed by atoms with E-state index in [1.54, 1.807) is 26.8 Å². The molecule has 0 aliphatic carbocycles. The maximum absolute atomic E-state index is 13.7. The van der Waals surface area contributed by atoms with E-state index in [1.807, 2.05) is 6.07 Å². The first-order valence-electron chi connectivity index (χ1n) is 6.43. The molecular formula is C16H17FN2O2. The first-order chi connectivity index (χ1) is 9.81. The minimum absolute atomic E-state index is 0.0638. The van der Waals surface area contributed by atoms with Gasteiger partial charge in [-0.15, -0.1) is 0 Å². The highest BCUT2D eigenvalue weighted by molar-refractivity contribution is 5.68. The van der Waals surface area contributed by atoms with Crippen molar-refractivity contribution in [2.45, 2.75) is 32.8 Å². The molecule has 0 bridgehead atoms. The smallest absolute Gasteiger partial charge is 0.408 e. The molecule has 1 N–H and O–H groups in total. The van der Waals surface area contributed by atoms with E-state index >= 15 is 0 Å². The molecule has 0 radical (unpaired) electrons. The molecule has 0 unspecified atom stereocenters. The Morgan fingerprint density at radius 1 is 1.43 bits per heavy atom. The topological polar surface area (TPSA) is 62.1 Å². The van der Waals surface area contributed by atoms with Crippen molar-refractivity contribution in [1.29, 1.82) is 5.26 Å². The zero-order valence-electron chi connectivity index (χ0n) is 12.3. The molecule has 1 rings (SSSR count). The van der Waals surface area contributed by atoms with E-state index < -0.39 is 17.5 Å². The zero-order chi connectivity index (χ0) is 15.9. The molecule has 0 atom stereocenters. The first kappa shape index (κ1) is 16.5. The van der Waals surface area contributed by atoms with Gasteiger partial charge >= 0.3 is 6.09 Å². The van der Waals surface area contributed by atoms with Crippen LogP contribution >= 0.6 is 0 Å².